The molecule has 0 spiro atoms. The van der Waals surface area contributed by atoms with Gasteiger partial charge >= 0.3 is 0 Å². The molecule has 1 saturated heterocycles. The van der Waals surface area contributed by atoms with Gasteiger partial charge in [-0.15, -0.1) is 0 Å². The third kappa shape index (κ3) is 11.3. The van der Waals surface area contributed by atoms with Gasteiger partial charge in [-0.2, -0.15) is 0 Å². The van der Waals surface area contributed by atoms with Gasteiger partial charge in [0.1, 0.15) is 12.1 Å². The highest BCUT2D eigenvalue weighted by atomic mass is 16.5. The van der Waals surface area contributed by atoms with Crippen molar-refractivity contribution in [1.29, 1.82) is 0 Å². The fourth-order valence-electron chi connectivity index (χ4n) is 5.43. The molecule has 5 amide bonds. The Labute approximate surface area is 246 Å². The number of imide groups is 1. The average molecular weight is 582 g/mol. The van der Waals surface area contributed by atoms with Crippen LogP contribution < -0.4 is 16.0 Å². The Kier molecular flexibility index (Phi) is 15.0. The fraction of sp³-hybridized carbons (Fsp3) is 0.833. The maximum Gasteiger partial charge on any atom is 0.243 e. The maximum atomic E-state index is 13.4. The number of likely N-dealkylation sites (tertiary alicyclic amines) is 1. The highest BCUT2D eigenvalue weighted by Crippen LogP contribution is 2.23. The number of nitrogens with one attached hydrogen (secondary N) is 3. The molecule has 11 nitrogen and oxygen atoms in total. The van der Waals surface area contributed by atoms with E-state index in [9.17, 15) is 24.0 Å². The number of amides is 5. The normalized spacial score (nSPS) is 20.4. The smallest absolute Gasteiger partial charge is 0.243 e. The molecule has 0 aromatic carbocycles. The van der Waals surface area contributed by atoms with Crippen LogP contribution >= 0.6 is 0 Å². The first-order valence-electron chi connectivity index (χ1n) is 14.9. The molecule has 0 bridgehead atoms. The van der Waals surface area contributed by atoms with Crippen LogP contribution in [-0.4, -0.2) is 96.9 Å². The Morgan fingerprint density at radius 1 is 0.878 bits per heavy atom. The summed E-state index contributed by atoms with van der Waals surface area (Å²) in [6.45, 7) is 15.4. The molecule has 0 saturated carbocycles. The van der Waals surface area contributed by atoms with Crippen LogP contribution in [0.4, 0.5) is 0 Å². The van der Waals surface area contributed by atoms with Gasteiger partial charge in [-0.1, -0.05) is 41.5 Å². The number of ether oxygens (including phenoxy) is 1. The molecule has 3 N–H and O–H groups in total. The number of hydrogen-bond acceptors (Lipinski definition) is 7. The van der Waals surface area contributed by atoms with E-state index in [2.05, 4.69) is 16.0 Å². The van der Waals surface area contributed by atoms with Crippen molar-refractivity contribution in [3.8, 4) is 0 Å². The molecule has 11 heteroatoms. The summed E-state index contributed by atoms with van der Waals surface area (Å²) in [4.78, 5) is 67.9. The first kappa shape index (κ1) is 36.5. The highest BCUT2D eigenvalue weighted by Gasteiger charge is 2.40. The number of methoxy groups -OCH3 is 1. The standard InChI is InChI=1S/C30H55N5O6/c1-17(2)14-22(32-29(39)23(15-18(3)4)33-30(40)27(19(5)6)34(9)10)28(38)31-20(7)12-13-25(36)35-21(8)24(41-11)16-26(35)37/h17-24,27H,12-16H2,1-11H3,(H,31,38)(H,32,39)(H,33,40)/t20-,21-,22-,23-,24-,27-/m0/s1. The van der Waals surface area contributed by atoms with Gasteiger partial charge in [0.15, 0.2) is 0 Å². The van der Waals surface area contributed by atoms with Gasteiger partial charge in [-0.05, 0) is 65.0 Å². The Balaban J connectivity index is 2.88. The van der Waals surface area contributed by atoms with Gasteiger partial charge in [0.25, 0.3) is 0 Å². The van der Waals surface area contributed by atoms with E-state index in [1.54, 1.807) is 13.8 Å². The van der Waals surface area contributed by atoms with Crippen molar-refractivity contribution in [1.82, 2.24) is 25.8 Å². The van der Waals surface area contributed by atoms with Crippen LogP contribution in [0.2, 0.25) is 0 Å². The van der Waals surface area contributed by atoms with Crippen LogP contribution in [0.3, 0.4) is 0 Å². The molecule has 1 aliphatic rings. The van der Waals surface area contributed by atoms with Crippen LogP contribution in [0.5, 0.6) is 0 Å². The van der Waals surface area contributed by atoms with Crippen LogP contribution in [0.15, 0.2) is 0 Å². The van der Waals surface area contributed by atoms with E-state index in [0.29, 0.717) is 19.3 Å². The van der Waals surface area contributed by atoms with Crippen molar-refractivity contribution in [2.24, 2.45) is 17.8 Å². The number of carbonyl (C=O) groups is 5. The number of likely N-dealkylation sites (N-methyl/N-ethyl adjacent to an activating group) is 1. The first-order valence-corrected chi connectivity index (χ1v) is 14.9. The number of rotatable bonds is 16. The number of hydrogen-bond donors (Lipinski definition) is 3. The zero-order valence-electron chi connectivity index (χ0n) is 27.1. The minimum atomic E-state index is -0.801. The Morgan fingerprint density at radius 2 is 1.37 bits per heavy atom. The predicted molar refractivity (Wildman–Crippen MR) is 159 cm³/mol. The van der Waals surface area contributed by atoms with Crippen molar-refractivity contribution in [3.05, 3.63) is 0 Å². The average Bonchev–Trinajstić information content (AvgIpc) is 3.13. The van der Waals surface area contributed by atoms with E-state index in [-0.39, 0.29) is 72.4 Å². The van der Waals surface area contributed by atoms with Gasteiger partial charge in [0.05, 0.1) is 24.6 Å². The second kappa shape index (κ2) is 16.8. The molecule has 0 unspecified atom stereocenters. The molecule has 1 aliphatic heterocycles. The first-order chi connectivity index (χ1) is 19.0. The summed E-state index contributed by atoms with van der Waals surface area (Å²) in [7, 11) is 5.19. The number of carbonyl (C=O) groups excluding carboxylic acids is 5. The summed E-state index contributed by atoms with van der Waals surface area (Å²) in [6.07, 6.45) is 1.15. The van der Waals surface area contributed by atoms with Gasteiger partial charge in [-0.3, -0.25) is 33.8 Å². The summed E-state index contributed by atoms with van der Waals surface area (Å²) in [5.41, 5.74) is 0. The minimum Gasteiger partial charge on any atom is -0.379 e. The third-order valence-electron chi connectivity index (χ3n) is 7.48. The van der Waals surface area contributed by atoms with E-state index in [4.69, 9.17) is 4.74 Å². The van der Waals surface area contributed by atoms with Gasteiger partial charge in [0.2, 0.25) is 29.5 Å². The summed E-state index contributed by atoms with van der Waals surface area (Å²) >= 11 is 0. The Bertz CT molecular complexity index is 898. The fourth-order valence-corrected chi connectivity index (χ4v) is 5.43. The van der Waals surface area contributed by atoms with Crippen LogP contribution in [0.25, 0.3) is 0 Å². The minimum absolute atomic E-state index is 0.0498. The number of nitrogens with zero attached hydrogens (tertiary/aromatic N) is 2. The summed E-state index contributed by atoms with van der Waals surface area (Å²) in [5.74, 6) is -1.20. The molecule has 6 atom stereocenters. The molecular weight excluding hydrogens is 526 g/mol. The van der Waals surface area contributed by atoms with Crippen LogP contribution in [-0.2, 0) is 28.7 Å². The molecule has 1 heterocycles. The summed E-state index contributed by atoms with van der Waals surface area (Å²) in [6, 6.07) is -2.66. The van der Waals surface area contributed by atoms with Gasteiger partial charge in [-0.25, -0.2) is 0 Å². The van der Waals surface area contributed by atoms with Crippen molar-refractivity contribution in [3.63, 3.8) is 0 Å². The second-order valence-corrected chi connectivity index (χ2v) is 12.9. The monoisotopic (exact) mass is 581 g/mol. The zero-order valence-corrected chi connectivity index (χ0v) is 27.1. The molecular formula is C30H55N5O6. The lowest BCUT2D eigenvalue weighted by atomic mass is 9.98. The molecule has 0 radical (unpaired) electrons. The second-order valence-electron chi connectivity index (χ2n) is 12.9. The van der Waals surface area contributed by atoms with E-state index in [0.717, 1.165) is 0 Å². The van der Waals surface area contributed by atoms with Gasteiger partial charge in [0, 0.05) is 19.6 Å². The van der Waals surface area contributed by atoms with Crippen LogP contribution in [0.1, 0.15) is 87.5 Å². The lowest BCUT2D eigenvalue weighted by Gasteiger charge is -2.30. The molecule has 236 valence electrons. The van der Waals surface area contributed by atoms with Crippen molar-refractivity contribution >= 4 is 29.5 Å². The Hall–Kier alpha value is -2.53. The van der Waals surface area contributed by atoms with Crippen molar-refractivity contribution in [2.75, 3.05) is 21.2 Å². The Morgan fingerprint density at radius 3 is 1.78 bits per heavy atom. The topological polar surface area (TPSA) is 137 Å². The lowest BCUT2D eigenvalue weighted by molar-refractivity contribution is -0.144. The molecule has 1 rings (SSSR count). The zero-order chi connectivity index (χ0) is 31.6. The molecule has 0 aromatic rings. The van der Waals surface area contributed by atoms with Crippen molar-refractivity contribution < 1.29 is 28.7 Å². The predicted octanol–water partition coefficient (Wildman–Crippen LogP) is 2.08. The molecule has 41 heavy (non-hydrogen) atoms. The molecule has 0 aliphatic carbocycles. The highest BCUT2D eigenvalue weighted by molar-refractivity contribution is 5.98. The van der Waals surface area contributed by atoms with E-state index in [1.165, 1.54) is 12.0 Å². The van der Waals surface area contributed by atoms with Gasteiger partial charge < -0.3 is 20.7 Å². The van der Waals surface area contributed by atoms with E-state index < -0.39 is 24.0 Å². The SMILES string of the molecule is CO[C@H]1CC(=O)N(C(=O)CC[C@H](C)NC(=O)[C@H](CC(C)C)NC(=O)[C@H](CC(C)C)NC(=O)[C@H](C(C)C)N(C)C)[C@H]1C. The van der Waals surface area contributed by atoms with E-state index >= 15 is 0 Å². The summed E-state index contributed by atoms with van der Waals surface area (Å²) < 4.78 is 5.30. The van der Waals surface area contributed by atoms with Crippen molar-refractivity contribution in [2.45, 2.75) is 124 Å². The van der Waals surface area contributed by atoms with E-state index in [1.807, 2.05) is 60.5 Å². The lowest BCUT2D eigenvalue weighted by Crippen LogP contribution is -2.57. The molecule has 1 fully saturated rings. The maximum absolute atomic E-state index is 13.4. The largest absolute Gasteiger partial charge is 0.379 e. The molecule has 0 aromatic heterocycles. The summed E-state index contributed by atoms with van der Waals surface area (Å²) in [5, 5.41) is 8.72. The van der Waals surface area contributed by atoms with Crippen LogP contribution in [0, 0.1) is 17.8 Å². The quantitative estimate of drug-likeness (QED) is 0.254. The third-order valence-corrected chi connectivity index (χ3v) is 7.48.